The number of amides is 2. The number of aliphatic hydroxyl groups is 2. The smallest absolute Gasteiger partial charge is 0.410 e. The molecule has 2 aliphatic rings. The number of aliphatic hydroxyl groups excluding tert-OH is 2. The van der Waals surface area contributed by atoms with Gasteiger partial charge in [0.05, 0.1) is 22.7 Å². The van der Waals surface area contributed by atoms with Gasteiger partial charge in [-0.15, -0.1) is 0 Å². The van der Waals surface area contributed by atoms with Crippen molar-refractivity contribution in [3.63, 3.8) is 0 Å². The Morgan fingerprint density at radius 1 is 0.643 bits per heavy atom. The zero-order chi connectivity index (χ0) is 51.4. The molecule has 0 radical (unpaired) electrons. The summed E-state index contributed by atoms with van der Waals surface area (Å²) in [5, 5.41) is 22.7. The van der Waals surface area contributed by atoms with Gasteiger partial charge in [-0.1, -0.05) is 90.5 Å². The maximum atomic E-state index is 13.5. The number of benzene rings is 5. The first-order valence-corrected chi connectivity index (χ1v) is 25.1. The van der Waals surface area contributed by atoms with Gasteiger partial charge < -0.3 is 34.9 Å². The van der Waals surface area contributed by atoms with Gasteiger partial charge in [0.1, 0.15) is 46.1 Å². The monoisotopic (exact) mass is 978 g/mol. The second-order valence-electron chi connectivity index (χ2n) is 21.0. The summed E-state index contributed by atoms with van der Waals surface area (Å²) in [7, 11) is -3.84. The zero-order valence-corrected chi connectivity index (χ0v) is 43.0. The molecule has 5 aromatic rings. The standard InChI is InChI=1S/C31H38N2O6S.C24H32N2O4/c1-21-12-15-24(16-13-21)40(36,37)32-23-14-17-25-26(20-23)38-31(5,6)28(34)27(25)33(29(35)39-30(2,3)4)19-18-22-10-8-7-9-11-22;1-23(2,3)30-22(28)26(14-13-16-9-7-6-8-10-16)20-18-12-11-17(25)15-19(18)29-24(4,5)21(20)27/h7-17,20,27-28,32,34H,18-19H2,1-6H3;6-12,15,20-21,27H,13-14,25H2,1-5H3/t27-,28+;20-,21+/m00/s1. The van der Waals surface area contributed by atoms with Crippen molar-refractivity contribution in [1.29, 1.82) is 0 Å². The number of anilines is 2. The molecule has 0 fully saturated rings. The summed E-state index contributed by atoms with van der Waals surface area (Å²) >= 11 is 0. The van der Waals surface area contributed by atoms with E-state index in [2.05, 4.69) is 4.72 Å². The van der Waals surface area contributed by atoms with Gasteiger partial charge in [0.2, 0.25) is 0 Å². The van der Waals surface area contributed by atoms with Crippen molar-refractivity contribution < 1.29 is 47.2 Å². The highest BCUT2D eigenvalue weighted by molar-refractivity contribution is 7.92. The second kappa shape index (κ2) is 21.0. The highest BCUT2D eigenvalue weighted by Crippen LogP contribution is 2.46. The van der Waals surface area contributed by atoms with E-state index in [1.54, 1.807) is 113 Å². The van der Waals surface area contributed by atoms with E-state index in [4.69, 9.17) is 24.7 Å². The molecule has 0 unspecified atom stereocenters. The highest BCUT2D eigenvalue weighted by atomic mass is 32.2. The van der Waals surface area contributed by atoms with Crippen LogP contribution < -0.4 is 19.9 Å². The largest absolute Gasteiger partial charge is 0.485 e. The molecular formula is C55H70N4O10S. The first-order valence-electron chi connectivity index (χ1n) is 23.6. The van der Waals surface area contributed by atoms with E-state index >= 15 is 0 Å². The zero-order valence-electron chi connectivity index (χ0n) is 42.2. The molecule has 14 nitrogen and oxygen atoms in total. The fraction of sp³-hybridized carbons (Fsp3) is 0.418. The van der Waals surface area contributed by atoms with E-state index < -0.39 is 68.9 Å². The number of carbonyl (C=O) groups excluding carboxylic acids is 2. The lowest BCUT2D eigenvalue weighted by molar-refractivity contribution is -0.0939. The molecule has 15 heteroatoms. The van der Waals surface area contributed by atoms with Crippen LogP contribution in [0.1, 0.15) is 109 Å². The molecule has 0 bridgehead atoms. The summed E-state index contributed by atoms with van der Waals surface area (Å²) < 4.78 is 52.3. The summed E-state index contributed by atoms with van der Waals surface area (Å²) in [5.74, 6) is 0.946. The Morgan fingerprint density at radius 3 is 1.49 bits per heavy atom. The van der Waals surface area contributed by atoms with E-state index in [0.717, 1.165) is 22.3 Å². The molecule has 5 N–H and O–H groups in total. The van der Waals surface area contributed by atoms with Crippen molar-refractivity contribution in [2.75, 3.05) is 23.5 Å². The molecule has 0 aromatic heterocycles. The minimum Gasteiger partial charge on any atom is -0.485 e. The van der Waals surface area contributed by atoms with Crippen molar-refractivity contribution in [1.82, 2.24) is 9.80 Å². The van der Waals surface area contributed by atoms with Crippen molar-refractivity contribution in [3.8, 4) is 11.5 Å². The van der Waals surface area contributed by atoms with Gasteiger partial charge in [0, 0.05) is 42.0 Å². The third kappa shape index (κ3) is 13.3. The topological polar surface area (TPSA) is 190 Å². The molecule has 70 heavy (non-hydrogen) atoms. The number of hydrogen-bond acceptors (Lipinski definition) is 11. The lowest BCUT2D eigenvalue weighted by Crippen LogP contribution is -2.55. The van der Waals surface area contributed by atoms with Gasteiger partial charge in [0.15, 0.2) is 0 Å². The minimum absolute atomic E-state index is 0.141. The average Bonchev–Trinajstić information content (AvgIpc) is 3.25. The Bertz CT molecular complexity index is 2700. The fourth-order valence-electron chi connectivity index (χ4n) is 8.33. The third-order valence-electron chi connectivity index (χ3n) is 11.9. The van der Waals surface area contributed by atoms with Crippen molar-refractivity contribution in [2.24, 2.45) is 0 Å². The summed E-state index contributed by atoms with van der Waals surface area (Å²) in [6, 6.07) is 35.1. The highest BCUT2D eigenvalue weighted by Gasteiger charge is 2.49. The number of nitrogens with one attached hydrogen (secondary N) is 1. The number of aryl methyl sites for hydroxylation is 1. The number of nitrogens with zero attached hydrogens (tertiary/aromatic N) is 2. The Labute approximate surface area is 413 Å². The molecule has 0 saturated heterocycles. The lowest BCUT2D eigenvalue weighted by atomic mass is 9.85. The molecule has 376 valence electrons. The van der Waals surface area contributed by atoms with Crippen molar-refractivity contribution >= 4 is 33.6 Å². The van der Waals surface area contributed by atoms with E-state index in [1.807, 2.05) is 94.4 Å². The predicted molar refractivity (Wildman–Crippen MR) is 272 cm³/mol. The molecule has 7 rings (SSSR count). The fourth-order valence-corrected chi connectivity index (χ4v) is 9.38. The SMILES string of the molecule is CC(C)(C)OC(=O)N(CCc1ccccc1)[C@H]1c2ccc(N)cc2OC(C)(C)[C@@H]1O.Cc1ccc(S(=O)(=O)Nc2ccc3c(c2)OC(C)(C)[C@H](O)[C@H]3N(CCc2ccccc2)C(=O)OC(C)(C)C)cc1. The second-order valence-corrected chi connectivity index (χ2v) is 22.7. The van der Waals surface area contributed by atoms with E-state index in [0.29, 0.717) is 47.8 Å². The van der Waals surface area contributed by atoms with Crippen LogP contribution in [0.5, 0.6) is 11.5 Å². The number of fused-ring (bicyclic) bond motifs is 2. The van der Waals surface area contributed by atoms with Crippen LogP contribution in [0.2, 0.25) is 0 Å². The Balaban J connectivity index is 0.000000239. The maximum Gasteiger partial charge on any atom is 0.410 e. The summed E-state index contributed by atoms with van der Waals surface area (Å²) in [4.78, 5) is 30.1. The van der Waals surface area contributed by atoms with E-state index in [9.17, 15) is 28.2 Å². The van der Waals surface area contributed by atoms with E-state index in [-0.39, 0.29) is 11.4 Å². The number of ether oxygens (including phenoxy) is 4. The van der Waals surface area contributed by atoms with Gasteiger partial charge in [0.25, 0.3) is 10.0 Å². The van der Waals surface area contributed by atoms with Gasteiger partial charge in [-0.05, 0) is 124 Å². The van der Waals surface area contributed by atoms with Crippen LogP contribution in [0, 0.1) is 6.92 Å². The molecule has 4 atom stereocenters. The number of hydrogen-bond donors (Lipinski definition) is 4. The quantitative estimate of drug-likeness (QED) is 0.0922. The molecule has 0 spiro atoms. The molecule has 0 aliphatic carbocycles. The number of sulfonamides is 1. The van der Waals surface area contributed by atoms with Gasteiger partial charge >= 0.3 is 12.2 Å². The van der Waals surface area contributed by atoms with Crippen LogP contribution >= 0.6 is 0 Å². The number of carbonyl (C=O) groups is 2. The predicted octanol–water partition coefficient (Wildman–Crippen LogP) is 10.2. The average molecular weight is 979 g/mol. The van der Waals surface area contributed by atoms with Crippen LogP contribution in [-0.4, -0.2) is 88.3 Å². The third-order valence-corrected chi connectivity index (χ3v) is 13.3. The number of nitrogens with two attached hydrogens (primary N) is 1. The minimum atomic E-state index is -3.84. The summed E-state index contributed by atoms with van der Waals surface area (Å²) in [6.45, 7) is 20.5. The molecule has 2 heterocycles. The molecular weight excluding hydrogens is 909 g/mol. The van der Waals surface area contributed by atoms with Crippen LogP contribution in [0.4, 0.5) is 21.0 Å². The van der Waals surface area contributed by atoms with Gasteiger partial charge in [-0.25, -0.2) is 18.0 Å². The van der Waals surface area contributed by atoms with Gasteiger partial charge in [-0.2, -0.15) is 0 Å². The first-order chi connectivity index (χ1) is 32.6. The summed E-state index contributed by atoms with van der Waals surface area (Å²) in [5.41, 5.74) is 7.81. The molecule has 5 aromatic carbocycles. The Morgan fingerprint density at radius 2 is 1.06 bits per heavy atom. The molecule has 2 aliphatic heterocycles. The molecule has 2 amide bonds. The van der Waals surface area contributed by atoms with Crippen LogP contribution in [-0.2, 0) is 32.3 Å². The van der Waals surface area contributed by atoms with E-state index in [1.165, 1.54) is 0 Å². The normalized spacial score (nSPS) is 19.0. The van der Waals surface area contributed by atoms with Crippen LogP contribution in [0.25, 0.3) is 0 Å². The van der Waals surface area contributed by atoms with Crippen LogP contribution in [0.15, 0.2) is 126 Å². The first kappa shape index (κ1) is 53.1. The van der Waals surface area contributed by atoms with Crippen molar-refractivity contribution in [3.05, 3.63) is 149 Å². The Kier molecular flexibility index (Phi) is 15.9. The van der Waals surface area contributed by atoms with Crippen LogP contribution in [0.3, 0.4) is 0 Å². The maximum absolute atomic E-state index is 13.5. The summed E-state index contributed by atoms with van der Waals surface area (Å²) in [6.07, 6.45) is -1.87. The Hall–Kier alpha value is -6.29. The number of rotatable bonds is 11. The van der Waals surface area contributed by atoms with Gasteiger partial charge in [-0.3, -0.25) is 14.5 Å². The lowest BCUT2D eigenvalue weighted by Gasteiger charge is -2.46. The van der Waals surface area contributed by atoms with Crippen molar-refractivity contribution in [2.45, 2.75) is 141 Å². The number of nitrogen functional groups attached to an aromatic ring is 1. The molecule has 0 saturated carbocycles.